The lowest BCUT2D eigenvalue weighted by atomic mass is 10.0. The number of nitrogens with two attached hydrogens (primary N) is 1. The van der Waals surface area contributed by atoms with Crippen LogP contribution in [-0.4, -0.2) is 27.2 Å². The molecular formula is C23H19N3O3. The maximum atomic E-state index is 12.8. The Morgan fingerprint density at radius 1 is 1.03 bits per heavy atom. The molecule has 4 aromatic rings. The molecule has 3 aromatic carbocycles. The monoisotopic (exact) mass is 385 g/mol. The summed E-state index contributed by atoms with van der Waals surface area (Å²) in [5.74, 6) is -0.0577. The summed E-state index contributed by atoms with van der Waals surface area (Å²) in [6.45, 7) is 1.80. The second-order valence-electron chi connectivity index (χ2n) is 6.83. The van der Waals surface area contributed by atoms with E-state index in [-0.39, 0.29) is 17.4 Å². The van der Waals surface area contributed by atoms with Crippen LogP contribution in [0.4, 0.5) is 11.4 Å². The van der Waals surface area contributed by atoms with Crippen molar-refractivity contribution in [1.29, 1.82) is 0 Å². The highest BCUT2D eigenvalue weighted by Gasteiger charge is 2.14. The molecule has 0 saturated heterocycles. The summed E-state index contributed by atoms with van der Waals surface area (Å²) in [6.07, 6.45) is 1.51. The van der Waals surface area contributed by atoms with Crippen LogP contribution in [0.25, 0.3) is 10.9 Å². The predicted molar refractivity (Wildman–Crippen MR) is 114 cm³/mol. The van der Waals surface area contributed by atoms with E-state index in [1.165, 1.54) is 6.21 Å². The number of phenolic OH excluding ortho intramolecular Hbond substituents is 1. The van der Waals surface area contributed by atoms with E-state index in [1.807, 2.05) is 0 Å². The minimum Gasteiger partial charge on any atom is -0.508 e. The van der Waals surface area contributed by atoms with Crippen molar-refractivity contribution in [3.8, 4) is 11.6 Å². The molecule has 144 valence electrons. The molecule has 4 rings (SSSR count). The van der Waals surface area contributed by atoms with Crippen LogP contribution in [0.2, 0.25) is 0 Å². The number of fused-ring (bicyclic) bond motifs is 1. The van der Waals surface area contributed by atoms with E-state index in [0.29, 0.717) is 39.0 Å². The van der Waals surface area contributed by atoms with Gasteiger partial charge in [-0.05, 0) is 48.9 Å². The molecule has 5 N–H and O–H groups in total. The fraction of sp³-hybridized carbons (Fsp3) is 0.0435. The molecule has 0 aliphatic heterocycles. The van der Waals surface area contributed by atoms with E-state index >= 15 is 0 Å². The molecule has 0 bridgehead atoms. The van der Waals surface area contributed by atoms with Crippen molar-refractivity contribution < 1.29 is 15.0 Å². The number of aliphatic imine (C=N–C) groups is 1. The Hall–Kier alpha value is -4.06. The number of phenols is 1. The van der Waals surface area contributed by atoms with Crippen molar-refractivity contribution >= 4 is 34.3 Å². The third kappa shape index (κ3) is 3.55. The van der Waals surface area contributed by atoms with Crippen LogP contribution >= 0.6 is 0 Å². The number of benzene rings is 3. The van der Waals surface area contributed by atoms with Crippen molar-refractivity contribution in [2.75, 3.05) is 5.73 Å². The Kier molecular flexibility index (Phi) is 4.52. The number of nitrogens with zero attached hydrogens (tertiary/aromatic N) is 1. The number of ketones is 1. The number of aryl methyl sites for hydroxylation is 1. The quantitative estimate of drug-likeness (QED) is 0.236. The number of aromatic hydroxyl groups is 2. The van der Waals surface area contributed by atoms with E-state index in [9.17, 15) is 15.0 Å². The summed E-state index contributed by atoms with van der Waals surface area (Å²) in [4.78, 5) is 20.0. The number of rotatable bonds is 4. The van der Waals surface area contributed by atoms with Crippen molar-refractivity contribution in [2.24, 2.45) is 4.99 Å². The summed E-state index contributed by atoms with van der Waals surface area (Å²) in [7, 11) is 0. The number of anilines is 1. The van der Waals surface area contributed by atoms with Gasteiger partial charge in [-0.1, -0.05) is 18.2 Å². The predicted octanol–water partition coefficient (Wildman–Crippen LogP) is 4.45. The van der Waals surface area contributed by atoms with Crippen LogP contribution < -0.4 is 5.73 Å². The SMILES string of the molecule is Cc1ccc(N=Cc2c(O)[nH]c3ccc(C(=O)c4cccc(N)c4)cc23)cc1O. The van der Waals surface area contributed by atoms with Gasteiger partial charge in [0.15, 0.2) is 11.7 Å². The highest BCUT2D eigenvalue weighted by atomic mass is 16.3. The molecular weight excluding hydrogens is 366 g/mol. The maximum Gasteiger partial charge on any atom is 0.198 e. The average molecular weight is 385 g/mol. The second kappa shape index (κ2) is 7.16. The molecule has 6 heteroatoms. The molecule has 0 spiro atoms. The zero-order chi connectivity index (χ0) is 20.5. The van der Waals surface area contributed by atoms with E-state index in [1.54, 1.807) is 67.6 Å². The summed E-state index contributed by atoms with van der Waals surface area (Å²) in [5, 5.41) is 20.8. The van der Waals surface area contributed by atoms with Gasteiger partial charge in [0.05, 0.1) is 11.3 Å². The summed E-state index contributed by atoms with van der Waals surface area (Å²) < 4.78 is 0. The number of nitrogens with one attached hydrogen (secondary N) is 1. The maximum absolute atomic E-state index is 12.8. The first-order valence-corrected chi connectivity index (χ1v) is 9.01. The lowest BCUT2D eigenvalue weighted by molar-refractivity contribution is 0.103. The molecule has 0 fully saturated rings. The van der Waals surface area contributed by atoms with Crippen molar-refractivity contribution in [1.82, 2.24) is 4.98 Å². The van der Waals surface area contributed by atoms with Crippen molar-refractivity contribution in [2.45, 2.75) is 6.92 Å². The molecule has 0 atom stereocenters. The lowest BCUT2D eigenvalue weighted by Gasteiger charge is -2.03. The Bertz CT molecular complexity index is 1270. The fourth-order valence-corrected chi connectivity index (χ4v) is 3.13. The van der Waals surface area contributed by atoms with Gasteiger partial charge in [0, 0.05) is 40.0 Å². The minimum atomic E-state index is -0.161. The van der Waals surface area contributed by atoms with Crippen molar-refractivity contribution in [3.63, 3.8) is 0 Å². The lowest BCUT2D eigenvalue weighted by Crippen LogP contribution is -2.02. The van der Waals surface area contributed by atoms with Crippen molar-refractivity contribution in [3.05, 3.63) is 82.9 Å². The average Bonchev–Trinajstić information content (AvgIpc) is 3.02. The normalized spacial score (nSPS) is 11.3. The molecule has 0 radical (unpaired) electrons. The number of carbonyl (C=O) groups excluding carboxylic acids is 1. The number of hydrogen-bond acceptors (Lipinski definition) is 5. The summed E-state index contributed by atoms with van der Waals surface area (Å²) in [6, 6.07) is 17.0. The standard InChI is InChI=1S/C23H19N3O3/c1-13-5-7-17(11-21(13)27)25-12-19-18-10-15(6-8-20(18)26-23(19)29)22(28)14-3-2-4-16(24)9-14/h2-12,26-27,29H,24H2,1H3. The molecule has 29 heavy (non-hydrogen) atoms. The molecule has 0 amide bonds. The molecule has 0 saturated carbocycles. The molecule has 1 aromatic heterocycles. The first-order chi connectivity index (χ1) is 13.9. The van der Waals surface area contributed by atoms with Crippen LogP contribution in [0, 0.1) is 6.92 Å². The van der Waals surface area contributed by atoms with Gasteiger partial charge in [0.1, 0.15) is 5.75 Å². The highest BCUT2D eigenvalue weighted by molar-refractivity contribution is 6.12. The van der Waals surface area contributed by atoms with Crippen LogP contribution in [0.3, 0.4) is 0 Å². The number of aromatic amines is 1. The first kappa shape index (κ1) is 18.3. The Balaban J connectivity index is 1.74. The summed E-state index contributed by atoms with van der Waals surface area (Å²) in [5.41, 5.74) is 9.72. The van der Waals surface area contributed by atoms with Gasteiger partial charge in [-0.15, -0.1) is 0 Å². The second-order valence-corrected chi connectivity index (χ2v) is 6.83. The van der Waals surface area contributed by atoms with Gasteiger partial charge in [0.2, 0.25) is 0 Å². The number of aromatic nitrogens is 1. The molecule has 6 nitrogen and oxygen atoms in total. The highest BCUT2D eigenvalue weighted by Crippen LogP contribution is 2.29. The van der Waals surface area contributed by atoms with Gasteiger partial charge in [-0.3, -0.25) is 9.79 Å². The zero-order valence-electron chi connectivity index (χ0n) is 15.7. The largest absolute Gasteiger partial charge is 0.508 e. The smallest absolute Gasteiger partial charge is 0.198 e. The fourth-order valence-electron chi connectivity index (χ4n) is 3.13. The number of hydrogen-bond donors (Lipinski definition) is 4. The van der Waals surface area contributed by atoms with E-state index in [4.69, 9.17) is 5.73 Å². The number of carbonyl (C=O) groups is 1. The van der Waals surface area contributed by atoms with E-state index in [2.05, 4.69) is 9.98 Å². The third-order valence-corrected chi connectivity index (χ3v) is 4.76. The van der Waals surface area contributed by atoms with Gasteiger partial charge in [-0.2, -0.15) is 0 Å². The number of H-pyrrole nitrogens is 1. The van der Waals surface area contributed by atoms with E-state index < -0.39 is 0 Å². The molecule has 0 aliphatic rings. The van der Waals surface area contributed by atoms with Crippen LogP contribution in [0.15, 0.2) is 65.7 Å². The Morgan fingerprint density at radius 2 is 1.83 bits per heavy atom. The molecule has 0 aliphatic carbocycles. The van der Waals surface area contributed by atoms with Gasteiger partial charge in [0.25, 0.3) is 0 Å². The Morgan fingerprint density at radius 3 is 2.59 bits per heavy atom. The Labute approximate surface area is 167 Å². The summed E-state index contributed by atoms with van der Waals surface area (Å²) >= 11 is 0. The van der Waals surface area contributed by atoms with E-state index in [0.717, 1.165) is 5.56 Å². The zero-order valence-corrected chi connectivity index (χ0v) is 15.7. The number of nitrogen functional groups attached to an aromatic ring is 1. The molecule has 1 heterocycles. The van der Waals surface area contributed by atoms with Crippen LogP contribution in [0.5, 0.6) is 11.6 Å². The van der Waals surface area contributed by atoms with Gasteiger partial charge < -0.3 is 20.9 Å². The van der Waals surface area contributed by atoms with Crippen LogP contribution in [-0.2, 0) is 0 Å². The van der Waals surface area contributed by atoms with Gasteiger partial charge in [-0.25, -0.2) is 0 Å². The minimum absolute atomic E-state index is 0.0476. The van der Waals surface area contributed by atoms with Gasteiger partial charge >= 0.3 is 0 Å². The topological polar surface area (TPSA) is 112 Å². The van der Waals surface area contributed by atoms with Crippen LogP contribution in [0.1, 0.15) is 27.0 Å². The third-order valence-electron chi connectivity index (χ3n) is 4.76. The first-order valence-electron chi connectivity index (χ1n) is 9.01. The molecule has 0 unspecified atom stereocenters.